The van der Waals surface area contributed by atoms with Gasteiger partial charge in [0.15, 0.2) is 0 Å². The number of nitrogens with zero attached hydrogens (tertiary/aromatic N) is 2. The number of nitrogens with one attached hydrogen (secondary N) is 1. The molecular weight excluding hydrogens is 274 g/mol. The fourth-order valence-corrected chi connectivity index (χ4v) is 4.56. The molecule has 1 aliphatic heterocycles. The Bertz CT molecular complexity index is 378. The van der Waals surface area contributed by atoms with E-state index in [4.69, 9.17) is 0 Å². The predicted octanol–water partition coefficient (Wildman–Crippen LogP) is 3.82. The normalized spacial score (nSPS) is 20.7. The summed E-state index contributed by atoms with van der Waals surface area (Å²) in [4.78, 5) is 0. The smallest absolute Gasteiger partial charge is 0.130 e. The molecule has 19 heavy (non-hydrogen) atoms. The van der Waals surface area contributed by atoms with Crippen LogP contribution in [-0.4, -0.2) is 28.0 Å². The van der Waals surface area contributed by atoms with Crippen molar-refractivity contribution in [3.8, 4) is 0 Å². The second kappa shape index (κ2) is 7.04. The summed E-state index contributed by atoms with van der Waals surface area (Å²) in [6.07, 6.45) is 6.19. The quantitative estimate of drug-likeness (QED) is 0.839. The van der Waals surface area contributed by atoms with Crippen LogP contribution >= 0.6 is 23.1 Å². The van der Waals surface area contributed by atoms with Crippen LogP contribution in [0.5, 0.6) is 0 Å². The van der Waals surface area contributed by atoms with Gasteiger partial charge >= 0.3 is 0 Å². The van der Waals surface area contributed by atoms with Gasteiger partial charge in [0, 0.05) is 12.0 Å². The van der Waals surface area contributed by atoms with Gasteiger partial charge in [-0.15, -0.1) is 21.5 Å². The molecule has 1 saturated heterocycles. The van der Waals surface area contributed by atoms with Crippen LogP contribution in [-0.2, 0) is 6.42 Å². The molecule has 2 rings (SSSR count). The molecule has 0 bridgehead atoms. The summed E-state index contributed by atoms with van der Waals surface area (Å²) in [5.41, 5.74) is 0.213. The molecule has 1 aromatic heterocycles. The highest BCUT2D eigenvalue weighted by Crippen LogP contribution is 2.39. The number of hydrogen-bond donors (Lipinski definition) is 1. The molecule has 1 unspecified atom stereocenters. The highest BCUT2D eigenvalue weighted by atomic mass is 32.2. The van der Waals surface area contributed by atoms with Gasteiger partial charge in [0.25, 0.3) is 0 Å². The summed E-state index contributed by atoms with van der Waals surface area (Å²) in [5.74, 6) is 1.29. The number of rotatable bonds is 5. The standard InChI is InChI=1S/C14H25N3S2/c1-14(2,3)15-9-6-8-12-16-17-13(19-12)11-7-4-5-10-18-11/h11,15H,4-10H2,1-3H3. The van der Waals surface area contributed by atoms with Crippen LogP contribution in [0.2, 0.25) is 0 Å². The minimum atomic E-state index is 0.213. The topological polar surface area (TPSA) is 37.8 Å². The second-order valence-corrected chi connectivity index (χ2v) is 8.57. The third-order valence-corrected chi connectivity index (χ3v) is 5.79. The lowest BCUT2D eigenvalue weighted by Gasteiger charge is -2.20. The molecule has 108 valence electrons. The zero-order chi connectivity index (χ0) is 13.7. The van der Waals surface area contributed by atoms with E-state index in [1.165, 1.54) is 35.0 Å². The Kier molecular flexibility index (Phi) is 5.66. The summed E-state index contributed by atoms with van der Waals surface area (Å²) in [6.45, 7) is 7.67. The lowest BCUT2D eigenvalue weighted by Crippen LogP contribution is -2.36. The largest absolute Gasteiger partial charge is 0.312 e. The van der Waals surface area contributed by atoms with Gasteiger partial charge in [-0.05, 0) is 52.3 Å². The average molecular weight is 300 g/mol. The summed E-state index contributed by atoms with van der Waals surface area (Å²) in [7, 11) is 0. The Morgan fingerprint density at radius 2 is 2.11 bits per heavy atom. The highest BCUT2D eigenvalue weighted by molar-refractivity contribution is 7.99. The van der Waals surface area contributed by atoms with Gasteiger partial charge in [-0.25, -0.2) is 0 Å². The van der Waals surface area contributed by atoms with Crippen molar-refractivity contribution in [3.05, 3.63) is 10.0 Å². The van der Waals surface area contributed by atoms with Gasteiger partial charge in [0.2, 0.25) is 0 Å². The maximum atomic E-state index is 4.39. The molecule has 1 fully saturated rings. The summed E-state index contributed by atoms with van der Waals surface area (Å²) >= 11 is 3.88. The van der Waals surface area contributed by atoms with E-state index in [9.17, 15) is 0 Å². The monoisotopic (exact) mass is 299 g/mol. The first-order valence-electron chi connectivity index (χ1n) is 7.23. The minimum absolute atomic E-state index is 0.213. The van der Waals surface area contributed by atoms with E-state index < -0.39 is 0 Å². The van der Waals surface area contributed by atoms with Gasteiger partial charge in [-0.2, -0.15) is 11.8 Å². The van der Waals surface area contributed by atoms with Crippen molar-refractivity contribution < 1.29 is 0 Å². The lowest BCUT2D eigenvalue weighted by molar-refractivity contribution is 0.422. The summed E-state index contributed by atoms with van der Waals surface area (Å²) < 4.78 is 0. The molecule has 0 saturated carbocycles. The molecule has 0 radical (unpaired) electrons. The molecule has 0 amide bonds. The SMILES string of the molecule is CC(C)(C)NCCCc1nnc(C2CCCCS2)s1. The fraction of sp³-hybridized carbons (Fsp3) is 0.857. The van der Waals surface area contributed by atoms with E-state index in [2.05, 4.69) is 48.0 Å². The Morgan fingerprint density at radius 3 is 2.79 bits per heavy atom. The van der Waals surface area contributed by atoms with Crippen molar-refractivity contribution in [2.75, 3.05) is 12.3 Å². The van der Waals surface area contributed by atoms with Crippen molar-refractivity contribution >= 4 is 23.1 Å². The molecule has 0 aromatic carbocycles. The molecule has 1 atom stereocenters. The molecule has 0 spiro atoms. The van der Waals surface area contributed by atoms with Gasteiger partial charge in [-0.3, -0.25) is 0 Å². The van der Waals surface area contributed by atoms with Crippen LogP contribution in [0.4, 0.5) is 0 Å². The molecule has 3 nitrogen and oxygen atoms in total. The molecular formula is C14H25N3S2. The fourth-order valence-electron chi connectivity index (χ4n) is 2.14. The highest BCUT2D eigenvalue weighted by Gasteiger charge is 2.20. The third-order valence-electron chi connectivity index (χ3n) is 3.16. The zero-order valence-corrected chi connectivity index (χ0v) is 13.9. The number of aryl methyl sites for hydroxylation is 1. The minimum Gasteiger partial charge on any atom is -0.312 e. The van der Waals surface area contributed by atoms with Crippen LogP contribution in [0, 0.1) is 0 Å². The van der Waals surface area contributed by atoms with Crippen LogP contribution in [0.1, 0.15) is 61.7 Å². The van der Waals surface area contributed by atoms with E-state index in [-0.39, 0.29) is 5.54 Å². The number of hydrogen-bond acceptors (Lipinski definition) is 5. The van der Waals surface area contributed by atoms with E-state index in [0.29, 0.717) is 5.25 Å². The maximum Gasteiger partial charge on any atom is 0.130 e. The predicted molar refractivity (Wildman–Crippen MR) is 85.0 cm³/mol. The van der Waals surface area contributed by atoms with Crippen molar-refractivity contribution in [1.29, 1.82) is 0 Å². The van der Waals surface area contributed by atoms with E-state index in [1.807, 2.05) is 11.3 Å². The first kappa shape index (κ1) is 15.3. The molecule has 5 heteroatoms. The Morgan fingerprint density at radius 1 is 1.26 bits per heavy atom. The van der Waals surface area contributed by atoms with E-state index >= 15 is 0 Å². The van der Waals surface area contributed by atoms with Gasteiger partial charge in [-0.1, -0.05) is 6.42 Å². The van der Waals surface area contributed by atoms with Crippen molar-refractivity contribution in [3.63, 3.8) is 0 Å². The van der Waals surface area contributed by atoms with E-state index in [1.54, 1.807) is 0 Å². The van der Waals surface area contributed by atoms with Crippen molar-refractivity contribution in [2.24, 2.45) is 0 Å². The summed E-state index contributed by atoms with van der Waals surface area (Å²) in [6, 6.07) is 0. The van der Waals surface area contributed by atoms with Gasteiger partial charge in [0.1, 0.15) is 10.0 Å². The Labute approximate surface area is 125 Å². The maximum absolute atomic E-state index is 4.39. The van der Waals surface area contributed by atoms with Crippen molar-refractivity contribution in [2.45, 2.75) is 63.7 Å². The van der Waals surface area contributed by atoms with Gasteiger partial charge < -0.3 is 5.32 Å². The number of thioether (sulfide) groups is 1. The van der Waals surface area contributed by atoms with Crippen LogP contribution < -0.4 is 5.32 Å². The van der Waals surface area contributed by atoms with E-state index in [0.717, 1.165) is 19.4 Å². The summed E-state index contributed by atoms with van der Waals surface area (Å²) in [5, 5.41) is 15.3. The van der Waals surface area contributed by atoms with Crippen LogP contribution in [0.15, 0.2) is 0 Å². The first-order valence-corrected chi connectivity index (χ1v) is 9.10. The third kappa shape index (κ3) is 5.40. The lowest BCUT2D eigenvalue weighted by atomic mass is 10.1. The number of aromatic nitrogens is 2. The zero-order valence-electron chi connectivity index (χ0n) is 12.2. The molecule has 1 aliphatic rings. The van der Waals surface area contributed by atoms with Crippen molar-refractivity contribution in [1.82, 2.24) is 15.5 Å². The molecule has 2 heterocycles. The van der Waals surface area contributed by atoms with Gasteiger partial charge in [0.05, 0.1) is 5.25 Å². The average Bonchev–Trinajstić information content (AvgIpc) is 2.83. The molecule has 1 aromatic rings. The Hall–Kier alpha value is -0.130. The first-order chi connectivity index (χ1) is 9.04. The van der Waals surface area contributed by atoms with Crippen LogP contribution in [0.3, 0.4) is 0 Å². The molecule has 1 N–H and O–H groups in total. The van der Waals surface area contributed by atoms with Crippen LogP contribution in [0.25, 0.3) is 0 Å². The second-order valence-electron chi connectivity index (χ2n) is 6.17. The molecule has 0 aliphatic carbocycles. The Balaban J connectivity index is 1.74.